The molecule has 1 heterocycles. The summed E-state index contributed by atoms with van der Waals surface area (Å²) in [5.41, 5.74) is 1.90. The summed E-state index contributed by atoms with van der Waals surface area (Å²) in [5, 5.41) is 2.99. The van der Waals surface area contributed by atoms with Crippen molar-refractivity contribution in [1.82, 2.24) is 10.3 Å². The summed E-state index contributed by atoms with van der Waals surface area (Å²) in [6.07, 6.45) is 5.14. The Hall–Kier alpha value is -2.16. The average molecular weight is 254 g/mol. The van der Waals surface area contributed by atoms with Crippen molar-refractivity contribution in [1.29, 1.82) is 0 Å². The number of amides is 1. The van der Waals surface area contributed by atoms with Crippen LogP contribution < -0.4 is 5.32 Å². The van der Waals surface area contributed by atoms with E-state index in [0.717, 1.165) is 12.8 Å². The molecule has 0 spiro atoms. The van der Waals surface area contributed by atoms with Crippen molar-refractivity contribution < 1.29 is 4.79 Å². The summed E-state index contributed by atoms with van der Waals surface area (Å²) in [6, 6.07) is 14.0. The van der Waals surface area contributed by atoms with Gasteiger partial charge in [-0.3, -0.25) is 9.78 Å². The molecule has 1 atom stereocenters. The van der Waals surface area contributed by atoms with E-state index < -0.39 is 0 Å². The molecule has 0 bridgehead atoms. The Balaban J connectivity index is 1.81. The average Bonchev–Trinajstić information content (AvgIpc) is 2.47. The van der Waals surface area contributed by atoms with Gasteiger partial charge in [-0.15, -0.1) is 0 Å². The van der Waals surface area contributed by atoms with Crippen LogP contribution in [0.1, 0.15) is 29.3 Å². The Morgan fingerprint density at radius 2 is 2.00 bits per heavy atom. The minimum absolute atomic E-state index is 0.0614. The summed E-state index contributed by atoms with van der Waals surface area (Å²) in [4.78, 5) is 15.9. The van der Waals surface area contributed by atoms with Gasteiger partial charge >= 0.3 is 0 Å². The van der Waals surface area contributed by atoms with Gasteiger partial charge in [0.25, 0.3) is 5.91 Å². The Bertz CT molecular complexity index is 511. The van der Waals surface area contributed by atoms with Gasteiger partial charge in [-0.25, -0.2) is 0 Å². The van der Waals surface area contributed by atoms with Gasteiger partial charge in [-0.1, -0.05) is 30.3 Å². The predicted octanol–water partition coefficient (Wildman–Crippen LogP) is 2.83. The van der Waals surface area contributed by atoms with E-state index in [2.05, 4.69) is 22.4 Å². The molecule has 0 aliphatic heterocycles. The van der Waals surface area contributed by atoms with Crippen LogP contribution >= 0.6 is 0 Å². The molecule has 98 valence electrons. The first-order valence-corrected chi connectivity index (χ1v) is 6.50. The quantitative estimate of drug-likeness (QED) is 0.891. The SMILES string of the molecule is C[C@H](CCc1ccccc1)NC(=O)c1cccnc1. The van der Waals surface area contributed by atoms with E-state index in [-0.39, 0.29) is 11.9 Å². The summed E-state index contributed by atoms with van der Waals surface area (Å²) >= 11 is 0. The molecule has 3 heteroatoms. The van der Waals surface area contributed by atoms with Gasteiger partial charge in [-0.2, -0.15) is 0 Å². The number of rotatable bonds is 5. The first kappa shape index (κ1) is 13.3. The molecular weight excluding hydrogens is 236 g/mol. The molecule has 2 rings (SSSR count). The molecule has 3 nitrogen and oxygen atoms in total. The fourth-order valence-corrected chi connectivity index (χ4v) is 1.90. The number of carbonyl (C=O) groups excluding carboxylic acids is 1. The molecule has 19 heavy (non-hydrogen) atoms. The molecule has 0 saturated carbocycles. The number of nitrogens with one attached hydrogen (secondary N) is 1. The van der Waals surface area contributed by atoms with Crippen LogP contribution in [0.2, 0.25) is 0 Å². The van der Waals surface area contributed by atoms with E-state index >= 15 is 0 Å². The largest absolute Gasteiger partial charge is 0.350 e. The van der Waals surface area contributed by atoms with Crippen molar-refractivity contribution in [2.45, 2.75) is 25.8 Å². The van der Waals surface area contributed by atoms with Crippen molar-refractivity contribution in [2.24, 2.45) is 0 Å². The van der Waals surface area contributed by atoms with E-state index in [9.17, 15) is 4.79 Å². The first-order valence-electron chi connectivity index (χ1n) is 6.50. The third-order valence-electron chi connectivity index (χ3n) is 3.01. The van der Waals surface area contributed by atoms with Gasteiger partial charge < -0.3 is 5.32 Å². The van der Waals surface area contributed by atoms with Crippen LogP contribution in [0, 0.1) is 0 Å². The standard InChI is InChI=1S/C16H18N2O/c1-13(9-10-14-6-3-2-4-7-14)18-16(19)15-8-5-11-17-12-15/h2-8,11-13H,9-10H2,1H3,(H,18,19)/t13-/m1/s1. The van der Waals surface area contributed by atoms with Crippen LogP contribution in [-0.2, 0) is 6.42 Å². The number of hydrogen-bond donors (Lipinski definition) is 1. The molecule has 2 aromatic rings. The van der Waals surface area contributed by atoms with Gasteiger partial charge in [0.1, 0.15) is 0 Å². The zero-order valence-electron chi connectivity index (χ0n) is 11.0. The Morgan fingerprint density at radius 1 is 1.21 bits per heavy atom. The molecule has 1 amide bonds. The summed E-state index contributed by atoms with van der Waals surface area (Å²) in [7, 11) is 0. The van der Waals surface area contributed by atoms with E-state index in [4.69, 9.17) is 0 Å². The van der Waals surface area contributed by atoms with E-state index in [0.29, 0.717) is 5.56 Å². The van der Waals surface area contributed by atoms with Gasteiger partial charge in [0, 0.05) is 18.4 Å². The monoisotopic (exact) mass is 254 g/mol. The number of aryl methyl sites for hydroxylation is 1. The highest BCUT2D eigenvalue weighted by atomic mass is 16.1. The van der Waals surface area contributed by atoms with Crippen molar-refractivity contribution >= 4 is 5.91 Å². The van der Waals surface area contributed by atoms with Crippen LogP contribution in [0.5, 0.6) is 0 Å². The lowest BCUT2D eigenvalue weighted by molar-refractivity contribution is 0.0938. The molecule has 0 aliphatic carbocycles. The maximum atomic E-state index is 11.9. The highest BCUT2D eigenvalue weighted by Gasteiger charge is 2.09. The second-order valence-electron chi connectivity index (χ2n) is 4.64. The molecular formula is C16H18N2O. The molecule has 0 fully saturated rings. The molecule has 0 aliphatic rings. The molecule has 0 unspecified atom stereocenters. The number of hydrogen-bond acceptors (Lipinski definition) is 2. The highest BCUT2D eigenvalue weighted by Crippen LogP contribution is 2.05. The number of pyridine rings is 1. The lowest BCUT2D eigenvalue weighted by Crippen LogP contribution is -2.32. The maximum Gasteiger partial charge on any atom is 0.253 e. The molecule has 1 N–H and O–H groups in total. The highest BCUT2D eigenvalue weighted by molar-refractivity contribution is 5.93. The Labute approximate surface area is 113 Å². The number of aromatic nitrogens is 1. The lowest BCUT2D eigenvalue weighted by Gasteiger charge is -2.13. The van der Waals surface area contributed by atoms with Crippen molar-refractivity contribution in [3.8, 4) is 0 Å². The van der Waals surface area contributed by atoms with E-state index in [1.54, 1.807) is 24.5 Å². The van der Waals surface area contributed by atoms with Crippen molar-refractivity contribution in [3.05, 3.63) is 66.0 Å². The molecule has 0 saturated heterocycles. The topological polar surface area (TPSA) is 42.0 Å². The van der Waals surface area contributed by atoms with Crippen LogP contribution in [0.15, 0.2) is 54.9 Å². The summed E-state index contributed by atoms with van der Waals surface area (Å²) in [5.74, 6) is -0.0614. The second-order valence-corrected chi connectivity index (χ2v) is 4.64. The van der Waals surface area contributed by atoms with Crippen molar-refractivity contribution in [3.63, 3.8) is 0 Å². The summed E-state index contributed by atoms with van der Waals surface area (Å²) < 4.78 is 0. The zero-order valence-corrected chi connectivity index (χ0v) is 11.0. The van der Waals surface area contributed by atoms with Gasteiger partial charge in [-0.05, 0) is 37.5 Å². The molecule has 1 aromatic heterocycles. The van der Waals surface area contributed by atoms with Gasteiger partial charge in [0.05, 0.1) is 5.56 Å². The van der Waals surface area contributed by atoms with Crippen molar-refractivity contribution in [2.75, 3.05) is 0 Å². The summed E-state index contributed by atoms with van der Waals surface area (Å²) in [6.45, 7) is 2.03. The first-order chi connectivity index (χ1) is 9.25. The Morgan fingerprint density at radius 3 is 2.68 bits per heavy atom. The third-order valence-corrected chi connectivity index (χ3v) is 3.01. The van der Waals surface area contributed by atoms with E-state index in [1.807, 2.05) is 25.1 Å². The van der Waals surface area contributed by atoms with Crippen LogP contribution in [0.25, 0.3) is 0 Å². The van der Waals surface area contributed by atoms with E-state index in [1.165, 1.54) is 5.56 Å². The number of nitrogens with zero attached hydrogens (tertiary/aromatic N) is 1. The van der Waals surface area contributed by atoms with Gasteiger partial charge in [0.15, 0.2) is 0 Å². The maximum absolute atomic E-state index is 11.9. The normalized spacial score (nSPS) is 11.8. The van der Waals surface area contributed by atoms with Crippen LogP contribution in [-0.4, -0.2) is 16.9 Å². The second kappa shape index (κ2) is 6.69. The zero-order chi connectivity index (χ0) is 13.5. The number of benzene rings is 1. The smallest absolute Gasteiger partial charge is 0.253 e. The lowest BCUT2D eigenvalue weighted by atomic mass is 10.1. The van der Waals surface area contributed by atoms with Gasteiger partial charge in [0.2, 0.25) is 0 Å². The fraction of sp³-hybridized carbons (Fsp3) is 0.250. The minimum atomic E-state index is -0.0614. The fourth-order valence-electron chi connectivity index (χ4n) is 1.90. The third kappa shape index (κ3) is 4.21. The minimum Gasteiger partial charge on any atom is -0.350 e. The number of carbonyl (C=O) groups is 1. The molecule has 1 aromatic carbocycles. The van der Waals surface area contributed by atoms with Crippen LogP contribution in [0.4, 0.5) is 0 Å². The predicted molar refractivity (Wildman–Crippen MR) is 75.9 cm³/mol. The molecule has 0 radical (unpaired) electrons. The van der Waals surface area contributed by atoms with Crippen LogP contribution in [0.3, 0.4) is 0 Å². The Kier molecular flexibility index (Phi) is 4.67.